The monoisotopic (exact) mass is 477 g/mol. The van der Waals surface area contributed by atoms with Gasteiger partial charge in [0.15, 0.2) is 0 Å². The zero-order valence-electron chi connectivity index (χ0n) is 18.6. The highest BCUT2D eigenvalue weighted by atomic mass is 17.4. The number of ether oxygens (including phenoxy) is 2. The molecular weight excluding hydrogens is 450 g/mol. The summed E-state index contributed by atoms with van der Waals surface area (Å²) < 4.78 is 10.6. The molecule has 6 fully saturated rings. The summed E-state index contributed by atoms with van der Waals surface area (Å²) in [5.74, 6) is -1.56. The second kappa shape index (κ2) is 7.85. The molecule has 1 saturated heterocycles. The van der Waals surface area contributed by atoms with Crippen molar-refractivity contribution in [2.24, 2.45) is 17.8 Å². The Kier molecular flexibility index (Phi) is 5.12. The lowest BCUT2D eigenvalue weighted by Gasteiger charge is -2.62. The fourth-order valence-electron chi connectivity index (χ4n) is 6.76. The van der Waals surface area contributed by atoms with Crippen molar-refractivity contribution in [3.05, 3.63) is 34.4 Å². The first-order valence-electron chi connectivity index (χ1n) is 11.9. The average molecular weight is 477 g/mol. The van der Waals surface area contributed by atoms with E-state index in [1.807, 2.05) is 0 Å². The highest BCUT2D eigenvalue weighted by Gasteiger charge is 2.68. The van der Waals surface area contributed by atoms with E-state index in [2.05, 4.69) is 0 Å². The van der Waals surface area contributed by atoms with Crippen molar-refractivity contribution in [2.45, 2.75) is 81.1 Å². The number of rotatable bonds is 3. The first-order chi connectivity index (χ1) is 16.3. The fraction of sp³-hybridized carbons (Fsp3) is 0.696. The predicted molar refractivity (Wildman–Crippen MR) is 111 cm³/mol. The fourth-order valence-corrected chi connectivity index (χ4v) is 6.76. The summed E-state index contributed by atoms with van der Waals surface area (Å²) in [6, 6.07) is 5.15. The molecular formula is C23H27NO10. The molecule has 1 aromatic carbocycles. The van der Waals surface area contributed by atoms with Crippen LogP contribution >= 0.6 is 0 Å². The van der Waals surface area contributed by atoms with Crippen molar-refractivity contribution in [3.63, 3.8) is 0 Å². The van der Waals surface area contributed by atoms with Gasteiger partial charge in [-0.3, -0.25) is 10.1 Å². The molecule has 11 heteroatoms. The number of nitro groups is 1. The molecule has 34 heavy (non-hydrogen) atoms. The van der Waals surface area contributed by atoms with E-state index in [-0.39, 0.29) is 29.7 Å². The zero-order valence-corrected chi connectivity index (χ0v) is 18.6. The highest BCUT2D eigenvalue weighted by molar-refractivity contribution is 5.64. The summed E-state index contributed by atoms with van der Waals surface area (Å²) in [5.41, 5.74) is -0.746. The Morgan fingerprint density at radius 2 is 1.71 bits per heavy atom. The normalized spacial score (nSPS) is 42.6. The Morgan fingerprint density at radius 1 is 1.03 bits per heavy atom. The maximum atomic E-state index is 12.3. The molecule has 0 amide bonds. The van der Waals surface area contributed by atoms with Crippen LogP contribution in [0.4, 0.5) is 10.5 Å². The van der Waals surface area contributed by atoms with Gasteiger partial charge in [0.25, 0.3) is 5.69 Å². The lowest BCUT2D eigenvalue weighted by atomic mass is 9.51. The molecule has 11 nitrogen and oxygen atoms in total. The van der Waals surface area contributed by atoms with Crippen molar-refractivity contribution in [1.82, 2.24) is 0 Å². The summed E-state index contributed by atoms with van der Waals surface area (Å²) in [6.07, 6.45) is 4.41. The largest absolute Gasteiger partial charge is 0.514 e. The number of nitro benzene ring substituents is 1. The number of benzene rings is 1. The van der Waals surface area contributed by atoms with Gasteiger partial charge < -0.3 is 14.6 Å². The Labute approximate surface area is 195 Å². The minimum atomic E-state index is -1.19. The molecule has 3 unspecified atom stereocenters. The van der Waals surface area contributed by atoms with Gasteiger partial charge in [-0.2, -0.15) is 19.6 Å². The van der Waals surface area contributed by atoms with Crippen molar-refractivity contribution in [3.8, 4) is 5.75 Å². The molecule has 1 aromatic rings. The van der Waals surface area contributed by atoms with E-state index in [1.54, 1.807) is 0 Å². The van der Waals surface area contributed by atoms with E-state index in [1.165, 1.54) is 24.3 Å². The molecule has 3 atom stereocenters. The number of nitrogens with zero attached hydrogens (tertiary/aromatic N) is 1. The molecule has 5 saturated carbocycles. The maximum Gasteiger partial charge on any atom is 0.514 e. The Balaban J connectivity index is 1.06. The van der Waals surface area contributed by atoms with Gasteiger partial charge in [-0.25, -0.2) is 4.79 Å². The van der Waals surface area contributed by atoms with Crippen molar-refractivity contribution >= 4 is 11.8 Å². The van der Waals surface area contributed by atoms with Gasteiger partial charge in [-0.05, 0) is 63.0 Å². The first-order valence-corrected chi connectivity index (χ1v) is 11.9. The second-order valence-corrected chi connectivity index (χ2v) is 10.5. The molecule has 1 N–H and O–H groups in total. The summed E-state index contributed by atoms with van der Waals surface area (Å²) in [7, 11) is 0. The van der Waals surface area contributed by atoms with Crippen molar-refractivity contribution in [1.29, 1.82) is 0 Å². The quantitative estimate of drug-likeness (QED) is 0.224. The minimum Gasteiger partial charge on any atom is -0.430 e. The third-order valence-electron chi connectivity index (χ3n) is 8.08. The Bertz CT molecular complexity index is 954. The van der Waals surface area contributed by atoms with Gasteiger partial charge in [-0.15, -0.1) is 0 Å². The van der Waals surface area contributed by atoms with Crippen LogP contribution in [0.3, 0.4) is 0 Å². The first kappa shape index (κ1) is 22.2. The standard InChI is InChI=1S/C23H27NO10/c25-20(29-18-5-3-17(4-6-18)24(27)28)30-19-2-1-7-22(13-19)31-33-23(34-32-22)15-8-14-9-16(23)12-21(26,10-14)11-15/h3-6,14-16,19,26H,1-2,7-13H2. The zero-order chi connectivity index (χ0) is 23.6. The van der Waals surface area contributed by atoms with Gasteiger partial charge >= 0.3 is 6.16 Å². The molecule has 6 aliphatic rings. The Morgan fingerprint density at radius 3 is 2.32 bits per heavy atom. The second-order valence-electron chi connectivity index (χ2n) is 10.5. The third-order valence-corrected chi connectivity index (χ3v) is 8.08. The molecule has 5 aliphatic carbocycles. The van der Waals surface area contributed by atoms with Crippen LogP contribution in [-0.4, -0.2) is 39.5 Å². The molecule has 184 valence electrons. The number of carbonyl (C=O) groups excluding carboxylic acids is 1. The number of non-ortho nitro benzene ring substituents is 1. The number of hydrogen-bond donors (Lipinski definition) is 1. The summed E-state index contributed by atoms with van der Waals surface area (Å²) in [5, 5.41) is 21.6. The topological polar surface area (TPSA) is 136 Å². The molecule has 7 rings (SSSR count). The van der Waals surface area contributed by atoms with Crippen LogP contribution in [0.1, 0.15) is 57.8 Å². The van der Waals surface area contributed by atoms with Crippen LogP contribution in [0.5, 0.6) is 5.75 Å². The maximum absolute atomic E-state index is 12.3. The van der Waals surface area contributed by atoms with Crippen LogP contribution in [0.15, 0.2) is 24.3 Å². The summed E-state index contributed by atoms with van der Waals surface area (Å²) in [6.45, 7) is 0. The van der Waals surface area contributed by atoms with Gasteiger partial charge in [-0.1, -0.05) is 0 Å². The SMILES string of the molecule is O=C(Oc1ccc([N+](=O)[O-])cc1)OC1CCCC2(C1)OOC1(OO2)C2CC3CC1CC(O)(C3)C2. The van der Waals surface area contributed by atoms with E-state index in [9.17, 15) is 20.0 Å². The molecule has 0 radical (unpaired) electrons. The molecule has 1 aliphatic heterocycles. The smallest absolute Gasteiger partial charge is 0.430 e. The lowest BCUT2D eigenvalue weighted by molar-refractivity contribution is -0.682. The van der Waals surface area contributed by atoms with Crippen molar-refractivity contribution < 1.29 is 43.8 Å². The lowest BCUT2D eigenvalue weighted by Crippen LogP contribution is -2.68. The number of carbonyl (C=O) groups is 1. The van der Waals surface area contributed by atoms with Gasteiger partial charge in [0, 0.05) is 36.8 Å². The van der Waals surface area contributed by atoms with E-state index >= 15 is 0 Å². The van der Waals surface area contributed by atoms with Crippen LogP contribution in [0.25, 0.3) is 0 Å². The van der Waals surface area contributed by atoms with E-state index in [0.29, 0.717) is 38.0 Å². The minimum absolute atomic E-state index is 0.00779. The predicted octanol–water partition coefficient (Wildman–Crippen LogP) is 3.93. The average Bonchev–Trinajstić information content (AvgIpc) is 2.78. The van der Waals surface area contributed by atoms with E-state index in [0.717, 1.165) is 19.3 Å². The summed E-state index contributed by atoms with van der Waals surface area (Å²) >= 11 is 0. The van der Waals surface area contributed by atoms with Crippen molar-refractivity contribution in [2.75, 3.05) is 0 Å². The Hall–Kier alpha value is -2.31. The molecule has 4 bridgehead atoms. The number of hydrogen-bond acceptors (Lipinski definition) is 10. The van der Waals surface area contributed by atoms with Crippen LogP contribution in [-0.2, 0) is 24.3 Å². The van der Waals surface area contributed by atoms with E-state index < -0.39 is 34.4 Å². The summed E-state index contributed by atoms with van der Waals surface area (Å²) in [4.78, 5) is 46.1. The van der Waals surface area contributed by atoms with Gasteiger partial charge in [0.1, 0.15) is 11.9 Å². The van der Waals surface area contributed by atoms with Crippen LogP contribution in [0.2, 0.25) is 0 Å². The van der Waals surface area contributed by atoms with Gasteiger partial charge in [0.05, 0.1) is 10.5 Å². The van der Waals surface area contributed by atoms with Crippen LogP contribution in [0, 0.1) is 27.9 Å². The van der Waals surface area contributed by atoms with Gasteiger partial charge in [0.2, 0.25) is 11.6 Å². The molecule has 2 spiro atoms. The van der Waals surface area contributed by atoms with Crippen LogP contribution < -0.4 is 4.74 Å². The molecule has 0 aromatic heterocycles. The molecule has 1 heterocycles. The number of aliphatic hydroxyl groups is 1. The van der Waals surface area contributed by atoms with E-state index in [4.69, 9.17) is 29.0 Å². The third kappa shape index (κ3) is 3.75. The highest BCUT2D eigenvalue weighted by Crippen LogP contribution is 2.63.